The van der Waals surface area contributed by atoms with Gasteiger partial charge in [-0.05, 0) is 36.3 Å². The summed E-state index contributed by atoms with van der Waals surface area (Å²) in [5, 5.41) is 19.0. The third-order valence-corrected chi connectivity index (χ3v) is 4.17. The molecule has 0 aliphatic rings. The van der Waals surface area contributed by atoms with Gasteiger partial charge >= 0.3 is 11.9 Å². The van der Waals surface area contributed by atoms with Crippen LogP contribution in [0.2, 0.25) is 0 Å². The van der Waals surface area contributed by atoms with E-state index in [1.54, 1.807) is 36.4 Å². The first kappa shape index (κ1) is 18.9. The topological polar surface area (TPSA) is 83.8 Å². The Balaban J connectivity index is 2.42. The largest absolute Gasteiger partial charge is 0.484 e. The maximum Gasteiger partial charge on any atom is 0.339 e. The molecular weight excluding hydrogens is 340 g/mol. The predicted octanol–water partition coefficient (Wildman–Crippen LogP) is 3.92. The standard InChI is InChI=1S/C19H20O5S/c20-18(21)14-9-4-5-11-16(14)24-17(13-7-2-1-3-8-13)15(19(22)23)10-6-12-25/h1-5,7-9,11,15,17,25H,6,10,12H2,(H,20,21)(H,22,23). The van der Waals surface area contributed by atoms with Crippen molar-refractivity contribution in [3.05, 3.63) is 65.7 Å². The van der Waals surface area contributed by atoms with Crippen LogP contribution in [0.3, 0.4) is 0 Å². The van der Waals surface area contributed by atoms with E-state index in [2.05, 4.69) is 12.6 Å². The monoisotopic (exact) mass is 360 g/mol. The SMILES string of the molecule is O=C(O)c1ccccc1OC(c1ccccc1)C(CCCS)C(=O)O. The molecule has 2 unspecified atom stereocenters. The number of carboxylic acids is 2. The molecule has 0 heterocycles. The summed E-state index contributed by atoms with van der Waals surface area (Å²) >= 11 is 4.15. The van der Waals surface area contributed by atoms with Crippen LogP contribution in [0.4, 0.5) is 0 Å². The minimum absolute atomic E-state index is 0.00163. The van der Waals surface area contributed by atoms with Crippen molar-refractivity contribution < 1.29 is 24.5 Å². The van der Waals surface area contributed by atoms with E-state index in [9.17, 15) is 19.8 Å². The third kappa shape index (κ3) is 5.00. The zero-order chi connectivity index (χ0) is 18.2. The smallest absolute Gasteiger partial charge is 0.339 e. The highest BCUT2D eigenvalue weighted by Gasteiger charge is 2.31. The summed E-state index contributed by atoms with van der Waals surface area (Å²) in [5.74, 6) is -2.19. The second-order valence-corrected chi connectivity index (χ2v) is 6.01. The van der Waals surface area contributed by atoms with Gasteiger partial charge in [-0.2, -0.15) is 12.6 Å². The molecule has 0 bridgehead atoms. The van der Waals surface area contributed by atoms with E-state index >= 15 is 0 Å². The molecule has 2 rings (SSSR count). The number of aromatic carboxylic acids is 1. The number of hydrogen-bond donors (Lipinski definition) is 3. The van der Waals surface area contributed by atoms with Crippen molar-refractivity contribution in [2.45, 2.75) is 18.9 Å². The number of ether oxygens (including phenoxy) is 1. The summed E-state index contributed by atoms with van der Waals surface area (Å²) in [7, 11) is 0. The molecule has 0 aromatic heterocycles. The molecule has 0 saturated heterocycles. The molecule has 0 spiro atoms. The highest BCUT2D eigenvalue weighted by Crippen LogP contribution is 2.33. The van der Waals surface area contributed by atoms with Crippen LogP contribution in [0.15, 0.2) is 54.6 Å². The molecule has 0 radical (unpaired) electrons. The molecule has 25 heavy (non-hydrogen) atoms. The van der Waals surface area contributed by atoms with Gasteiger partial charge in [-0.3, -0.25) is 4.79 Å². The summed E-state index contributed by atoms with van der Waals surface area (Å²) in [4.78, 5) is 23.2. The molecule has 0 aliphatic heterocycles. The first-order valence-corrected chi connectivity index (χ1v) is 8.55. The molecule has 2 N–H and O–H groups in total. The van der Waals surface area contributed by atoms with Gasteiger partial charge in [-0.1, -0.05) is 42.5 Å². The highest BCUT2D eigenvalue weighted by atomic mass is 32.1. The molecular formula is C19H20O5S. The molecule has 6 heteroatoms. The van der Waals surface area contributed by atoms with Gasteiger partial charge in [0.15, 0.2) is 0 Å². The van der Waals surface area contributed by atoms with Gasteiger partial charge in [0, 0.05) is 0 Å². The molecule has 0 fully saturated rings. The number of benzene rings is 2. The molecule has 0 aliphatic carbocycles. The van der Waals surface area contributed by atoms with Gasteiger partial charge in [0.25, 0.3) is 0 Å². The summed E-state index contributed by atoms with van der Waals surface area (Å²) in [6.07, 6.45) is 0.208. The number of rotatable bonds is 9. The van der Waals surface area contributed by atoms with Crippen LogP contribution in [0.25, 0.3) is 0 Å². The summed E-state index contributed by atoms with van der Waals surface area (Å²) in [5.41, 5.74) is 0.691. The van der Waals surface area contributed by atoms with E-state index in [0.717, 1.165) is 0 Å². The van der Waals surface area contributed by atoms with Crippen LogP contribution in [0.1, 0.15) is 34.9 Å². The number of aliphatic carboxylic acids is 1. The Hall–Kier alpha value is -2.47. The average molecular weight is 360 g/mol. The lowest BCUT2D eigenvalue weighted by Gasteiger charge is -2.26. The minimum Gasteiger partial charge on any atom is -0.484 e. The normalized spacial score (nSPS) is 13.0. The Morgan fingerprint density at radius 1 is 1.00 bits per heavy atom. The van der Waals surface area contributed by atoms with Crippen LogP contribution in [-0.2, 0) is 4.79 Å². The summed E-state index contributed by atoms with van der Waals surface area (Å²) in [6.45, 7) is 0. The second-order valence-electron chi connectivity index (χ2n) is 5.56. The molecule has 2 aromatic rings. The van der Waals surface area contributed by atoms with Gasteiger partial charge in [0.2, 0.25) is 0 Å². The molecule has 0 saturated carbocycles. The molecule has 2 atom stereocenters. The van der Waals surface area contributed by atoms with Crippen LogP contribution in [-0.4, -0.2) is 27.9 Å². The van der Waals surface area contributed by atoms with Crippen molar-refractivity contribution in [1.29, 1.82) is 0 Å². The van der Waals surface area contributed by atoms with Crippen molar-refractivity contribution >= 4 is 24.6 Å². The molecule has 5 nitrogen and oxygen atoms in total. The highest BCUT2D eigenvalue weighted by molar-refractivity contribution is 7.80. The van der Waals surface area contributed by atoms with Crippen LogP contribution >= 0.6 is 12.6 Å². The van der Waals surface area contributed by atoms with E-state index in [1.165, 1.54) is 12.1 Å². The van der Waals surface area contributed by atoms with Gasteiger partial charge in [-0.15, -0.1) is 0 Å². The van der Waals surface area contributed by atoms with E-state index in [4.69, 9.17) is 4.74 Å². The van der Waals surface area contributed by atoms with E-state index < -0.39 is 24.0 Å². The average Bonchev–Trinajstić information content (AvgIpc) is 2.61. The summed E-state index contributed by atoms with van der Waals surface area (Å²) < 4.78 is 5.93. The fourth-order valence-electron chi connectivity index (χ4n) is 2.62. The van der Waals surface area contributed by atoms with E-state index in [1.807, 2.05) is 6.07 Å². The Kier molecular flexibility index (Phi) is 6.89. The van der Waals surface area contributed by atoms with Gasteiger partial charge in [0.1, 0.15) is 17.4 Å². The van der Waals surface area contributed by atoms with Crippen molar-refractivity contribution in [2.24, 2.45) is 5.92 Å². The Morgan fingerprint density at radius 3 is 2.24 bits per heavy atom. The Bertz CT molecular complexity index is 717. The lowest BCUT2D eigenvalue weighted by molar-refractivity contribution is -0.145. The maximum atomic E-state index is 11.8. The van der Waals surface area contributed by atoms with Crippen molar-refractivity contribution in [2.75, 3.05) is 5.75 Å². The van der Waals surface area contributed by atoms with Crippen LogP contribution in [0.5, 0.6) is 5.75 Å². The zero-order valence-corrected chi connectivity index (χ0v) is 14.4. The number of thiol groups is 1. The third-order valence-electron chi connectivity index (χ3n) is 3.86. The summed E-state index contributed by atoms with van der Waals surface area (Å²) in [6, 6.07) is 15.2. The molecule has 0 amide bonds. The predicted molar refractivity (Wildman–Crippen MR) is 97.4 cm³/mol. The van der Waals surface area contributed by atoms with Gasteiger partial charge in [-0.25, -0.2) is 4.79 Å². The number of hydrogen-bond acceptors (Lipinski definition) is 4. The van der Waals surface area contributed by atoms with E-state index in [0.29, 0.717) is 24.2 Å². The van der Waals surface area contributed by atoms with Gasteiger partial charge in [0.05, 0.1) is 5.92 Å². The fraction of sp³-hybridized carbons (Fsp3) is 0.263. The molecule has 132 valence electrons. The quantitative estimate of drug-likeness (QED) is 0.591. The lowest BCUT2D eigenvalue weighted by Crippen LogP contribution is -2.27. The van der Waals surface area contributed by atoms with Crippen molar-refractivity contribution in [3.63, 3.8) is 0 Å². The van der Waals surface area contributed by atoms with Crippen LogP contribution in [0, 0.1) is 5.92 Å². The van der Waals surface area contributed by atoms with Crippen molar-refractivity contribution in [1.82, 2.24) is 0 Å². The number of carboxylic acid groups (broad SMARTS) is 2. The maximum absolute atomic E-state index is 11.8. The molecule has 2 aromatic carbocycles. The van der Waals surface area contributed by atoms with E-state index in [-0.39, 0.29) is 11.3 Å². The number of para-hydroxylation sites is 1. The van der Waals surface area contributed by atoms with Crippen LogP contribution < -0.4 is 4.74 Å². The second kappa shape index (κ2) is 9.13. The first-order chi connectivity index (χ1) is 12.0. The van der Waals surface area contributed by atoms with Gasteiger partial charge < -0.3 is 14.9 Å². The first-order valence-electron chi connectivity index (χ1n) is 7.92. The zero-order valence-electron chi connectivity index (χ0n) is 13.5. The lowest BCUT2D eigenvalue weighted by atomic mass is 9.91. The fourth-order valence-corrected chi connectivity index (χ4v) is 2.81. The minimum atomic E-state index is -1.12. The Labute approximate surface area is 151 Å². The number of carbonyl (C=O) groups is 2. The Morgan fingerprint density at radius 2 is 1.64 bits per heavy atom. The van der Waals surface area contributed by atoms with Crippen molar-refractivity contribution in [3.8, 4) is 5.75 Å².